The third-order valence-electron chi connectivity index (χ3n) is 4.68. The number of hydrogen-bond acceptors (Lipinski definition) is 8. The molecule has 3 rings (SSSR count). The highest BCUT2D eigenvalue weighted by Crippen LogP contribution is 2.45. The molecule has 2 heterocycles. The molecule has 2 aliphatic rings. The standard InChI is InChI=1S/C20H22N2O6S/c1-6-15-18(24)22-17(16(19(25)27-5)10(2)21-20(22)29-15)12-7-8-13(28-11(3)23)14(9-12)26-4/h7-9,15,17H,6H2,1-5H3/t15-,17-/m1/s1. The van der Waals surface area contributed by atoms with Crippen LogP contribution in [0.1, 0.15) is 38.8 Å². The van der Waals surface area contributed by atoms with E-state index in [1.54, 1.807) is 30.0 Å². The number of benzene rings is 1. The Labute approximate surface area is 172 Å². The lowest BCUT2D eigenvalue weighted by Crippen LogP contribution is -2.40. The Balaban J connectivity index is 2.15. The summed E-state index contributed by atoms with van der Waals surface area (Å²) >= 11 is 1.39. The van der Waals surface area contributed by atoms with Crippen molar-refractivity contribution in [1.29, 1.82) is 0 Å². The van der Waals surface area contributed by atoms with Crippen LogP contribution in [0.25, 0.3) is 0 Å². The van der Waals surface area contributed by atoms with Crippen LogP contribution in [0.4, 0.5) is 0 Å². The van der Waals surface area contributed by atoms with E-state index in [2.05, 4.69) is 4.99 Å². The molecule has 0 spiro atoms. The van der Waals surface area contributed by atoms with Gasteiger partial charge in [0.2, 0.25) is 5.91 Å². The molecule has 0 saturated carbocycles. The van der Waals surface area contributed by atoms with Crippen molar-refractivity contribution >= 4 is 34.8 Å². The van der Waals surface area contributed by atoms with Crippen LogP contribution in [0.2, 0.25) is 0 Å². The van der Waals surface area contributed by atoms with Gasteiger partial charge in [-0.3, -0.25) is 14.5 Å². The van der Waals surface area contributed by atoms with Gasteiger partial charge in [0, 0.05) is 6.92 Å². The zero-order valence-electron chi connectivity index (χ0n) is 16.8. The van der Waals surface area contributed by atoms with Gasteiger partial charge in [-0.05, 0) is 31.0 Å². The van der Waals surface area contributed by atoms with E-state index in [0.29, 0.717) is 28.6 Å². The Hall–Kier alpha value is -2.81. The topological polar surface area (TPSA) is 94.5 Å². The minimum atomic E-state index is -0.716. The molecule has 1 aromatic carbocycles. The first kappa shape index (κ1) is 20.9. The minimum Gasteiger partial charge on any atom is -0.493 e. The Morgan fingerprint density at radius 3 is 2.55 bits per heavy atom. The molecule has 0 bridgehead atoms. The van der Waals surface area contributed by atoms with Gasteiger partial charge in [0.05, 0.1) is 36.8 Å². The number of ether oxygens (including phenoxy) is 3. The molecule has 154 valence electrons. The first-order chi connectivity index (χ1) is 13.8. The van der Waals surface area contributed by atoms with Crippen LogP contribution in [0.5, 0.6) is 11.5 Å². The van der Waals surface area contributed by atoms with Crippen molar-refractivity contribution in [3.63, 3.8) is 0 Å². The fourth-order valence-corrected chi connectivity index (χ4v) is 4.50. The minimum absolute atomic E-state index is 0.113. The van der Waals surface area contributed by atoms with Crippen molar-refractivity contribution in [2.45, 2.75) is 38.5 Å². The molecule has 0 unspecified atom stereocenters. The van der Waals surface area contributed by atoms with E-state index in [-0.39, 0.29) is 22.5 Å². The Kier molecular flexibility index (Phi) is 5.97. The van der Waals surface area contributed by atoms with Crippen LogP contribution in [0.3, 0.4) is 0 Å². The lowest BCUT2D eigenvalue weighted by atomic mass is 9.94. The van der Waals surface area contributed by atoms with Gasteiger partial charge in [-0.2, -0.15) is 0 Å². The van der Waals surface area contributed by atoms with Gasteiger partial charge in [0.15, 0.2) is 16.7 Å². The summed E-state index contributed by atoms with van der Waals surface area (Å²) < 4.78 is 15.5. The van der Waals surface area contributed by atoms with Crippen molar-refractivity contribution < 1.29 is 28.6 Å². The van der Waals surface area contributed by atoms with Gasteiger partial charge in [-0.15, -0.1) is 0 Å². The second-order valence-corrected chi connectivity index (χ2v) is 7.68. The first-order valence-electron chi connectivity index (χ1n) is 9.06. The van der Waals surface area contributed by atoms with Crippen molar-refractivity contribution in [3.05, 3.63) is 35.0 Å². The summed E-state index contributed by atoms with van der Waals surface area (Å²) in [6.07, 6.45) is 0.646. The van der Waals surface area contributed by atoms with E-state index in [9.17, 15) is 14.4 Å². The summed E-state index contributed by atoms with van der Waals surface area (Å²) in [5.74, 6) is -0.586. The Morgan fingerprint density at radius 2 is 1.97 bits per heavy atom. The number of amidine groups is 1. The number of methoxy groups -OCH3 is 2. The SMILES string of the molecule is CC[C@H]1SC2=NC(C)=C(C(=O)OC)[C@@H](c3ccc(OC(C)=O)c(OC)c3)N2C1=O. The number of carbonyl (C=O) groups excluding carboxylic acids is 3. The number of aliphatic imine (C=N–C) groups is 1. The smallest absolute Gasteiger partial charge is 0.338 e. The van der Waals surface area contributed by atoms with E-state index in [0.717, 1.165) is 0 Å². The van der Waals surface area contributed by atoms with Crippen LogP contribution in [0, 0.1) is 0 Å². The first-order valence-corrected chi connectivity index (χ1v) is 9.94. The lowest BCUT2D eigenvalue weighted by molar-refractivity contribution is -0.137. The maximum absolute atomic E-state index is 13.0. The highest BCUT2D eigenvalue weighted by Gasteiger charge is 2.47. The second kappa shape index (κ2) is 8.28. The van der Waals surface area contributed by atoms with Crippen molar-refractivity contribution in [3.8, 4) is 11.5 Å². The van der Waals surface area contributed by atoms with E-state index >= 15 is 0 Å². The highest BCUT2D eigenvalue weighted by molar-refractivity contribution is 8.15. The van der Waals surface area contributed by atoms with Crippen molar-refractivity contribution in [1.82, 2.24) is 4.90 Å². The van der Waals surface area contributed by atoms with Crippen molar-refractivity contribution in [2.24, 2.45) is 4.99 Å². The van der Waals surface area contributed by atoms with Crippen LogP contribution in [-0.4, -0.2) is 47.4 Å². The van der Waals surface area contributed by atoms with Crippen LogP contribution >= 0.6 is 11.8 Å². The molecular weight excluding hydrogens is 396 g/mol. The largest absolute Gasteiger partial charge is 0.493 e. The molecule has 8 nitrogen and oxygen atoms in total. The summed E-state index contributed by atoms with van der Waals surface area (Å²) in [5, 5.41) is 0.295. The van der Waals surface area contributed by atoms with Gasteiger partial charge >= 0.3 is 11.9 Å². The number of allylic oxidation sites excluding steroid dienone is 1. The average molecular weight is 418 g/mol. The average Bonchev–Trinajstić information content (AvgIpc) is 3.01. The van der Waals surface area contributed by atoms with Gasteiger partial charge in [-0.1, -0.05) is 24.8 Å². The molecule has 9 heteroatoms. The molecular formula is C20H22N2O6S. The number of nitrogens with zero attached hydrogens (tertiary/aromatic N) is 2. The van der Waals surface area contributed by atoms with Crippen LogP contribution < -0.4 is 9.47 Å². The summed E-state index contributed by atoms with van der Waals surface area (Å²) in [6, 6.07) is 4.21. The molecule has 1 aromatic rings. The number of amides is 1. The number of fused-ring (bicyclic) bond motifs is 1. The second-order valence-electron chi connectivity index (χ2n) is 6.51. The third kappa shape index (κ3) is 3.74. The fraction of sp³-hybridized carbons (Fsp3) is 0.400. The number of thioether (sulfide) groups is 1. The predicted molar refractivity (Wildman–Crippen MR) is 108 cm³/mol. The summed E-state index contributed by atoms with van der Waals surface area (Å²) in [5.41, 5.74) is 1.40. The predicted octanol–water partition coefficient (Wildman–Crippen LogP) is 2.83. The van der Waals surface area contributed by atoms with E-state index in [1.807, 2.05) is 6.92 Å². The number of rotatable bonds is 5. The van der Waals surface area contributed by atoms with E-state index in [4.69, 9.17) is 14.2 Å². The van der Waals surface area contributed by atoms with Crippen LogP contribution in [0.15, 0.2) is 34.5 Å². The molecule has 0 radical (unpaired) electrons. The molecule has 0 N–H and O–H groups in total. The highest BCUT2D eigenvalue weighted by atomic mass is 32.2. The molecule has 0 aromatic heterocycles. The lowest BCUT2D eigenvalue weighted by Gasteiger charge is -2.33. The number of carbonyl (C=O) groups is 3. The summed E-state index contributed by atoms with van der Waals surface area (Å²) in [4.78, 5) is 43.0. The maximum atomic E-state index is 13.0. The number of esters is 2. The van der Waals surface area contributed by atoms with Gasteiger partial charge in [0.25, 0.3) is 0 Å². The van der Waals surface area contributed by atoms with Crippen molar-refractivity contribution in [2.75, 3.05) is 14.2 Å². The van der Waals surface area contributed by atoms with E-state index in [1.165, 1.54) is 32.9 Å². The van der Waals surface area contributed by atoms with Gasteiger partial charge < -0.3 is 14.2 Å². The fourth-order valence-electron chi connectivity index (χ4n) is 3.37. The molecule has 1 amide bonds. The quantitative estimate of drug-likeness (QED) is 0.536. The molecule has 1 saturated heterocycles. The zero-order valence-corrected chi connectivity index (χ0v) is 17.7. The Morgan fingerprint density at radius 1 is 1.24 bits per heavy atom. The third-order valence-corrected chi connectivity index (χ3v) is 6.00. The van der Waals surface area contributed by atoms with Gasteiger partial charge in [0.1, 0.15) is 0 Å². The summed E-state index contributed by atoms with van der Waals surface area (Å²) in [7, 11) is 2.74. The molecule has 29 heavy (non-hydrogen) atoms. The molecule has 2 atom stereocenters. The van der Waals surface area contributed by atoms with Gasteiger partial charge in [-0.25, -0.2) is 9.79 Å². The molecule has 1 fully saturated rings. The van der Waals surface area contributed by atoms with E-state index < -0.39 is 18.0 Å². The Bertz CT molecular complexity index is 939. The monoisotopic (exact) mass is 418 g/mol. The maximum Gasteiger partial charge on any atom is 0.338 e. The van der Waals surface area contributed by atoms with Crippen LogP contribution in [-0.2, 0) is 19.1 Å². The number of hydrogen-bond donors (Lipinski definition) is 0. The molecule has 0 aliphatic carbocycles. The molecule has 2 aliphatic heterocycles. The zero-order chi connectivity index (χ0) is 21.3. The summed E-state index contributed by atoms with van der Waals surface area (Å²) in [6.45, 7) is 4.95. The normalized spacial score (nSPS) is 20.9.